The molecule has 0 aliphatic rings. The fourth-order valence-corrected chi connectivity index (χ4v) is 3.89. The number of hydrogen-bond donors (Lipinski definition) is 1. The van der Waals surface area contributed by atoms with Crippen molar-refractivity contribution < 1.29 is 14.3 Å². The van der Waals surface area contributed by atoms with Gasteiger partial charge in [-0.25, -0.2) is 4.98 Å². The Labute approximate surface area is 186 Å². The molecule has 0 saturated heterocycles. The minimum Gasteiger partial charge on any atom is -0.492 e. The summed E-state index contributed by atoms with van der Waals surface area (Å²) in [5.41, 5.74) is 3.64. The summed E-state index contributed by atoms with van der Waals surface area (Å²) >= 11 is 1.34. The zero-order valence-electron chi connectivity index (χ0n) is 17.8. The number of aromatic nitrogens is 1. The highest BCUT2D eigenvalue weighted by Crippen LogP contribution is 2.29. The molecule has 7 heteroatoms. The maximum absolute atomic E-state index is 12.1. The van der Waals surface area contributed by atoms with Crippen LogP contribution in [0.3, 0.4) is 0 Å². The Bertz CT molecular complexity index is 1060. The van der Waals surface area contributed by atoms with Crippen molar-refractivity contribution in [1.29, 1.82) is 0 Å². The van der Waals surface area contributed by atoms with Gasteiger partial charge in [0.2, 0.25) is 11.8 Å². The Kier molecular flexibility index (Phi) is 7.56. The van der Waals surface area contributed by atoms with Crippen LogP contribution in [0, 0.1) is 13.8 Å². The highest BCUT2D eigenvalue weighted by molar-refractivity contribution is 7.14. The lowest BCUT2D eigenvalue weighted by molar-refractivity contribution is -0.117. The maximum Gasteiger partial charge on any atom is 0.244 e. The van der Waals surface area contributed by atoms with Crippen molar-refractivity contribution in [2.75, 3.05) is 18.1 Å². The van der Waals surface area contributed by atoms with Gasteiger partial charge in [0.25, 0.3) is 0 Å². The first-order valence-corrected chi connectivity index (χ1v) is 10.8. The monoisotopic (exact) mass is 435 g/mol. The molecule has 1 aromatic heterocycles. The number of hydrogen-bond acceptors (Lipinski definition) is 5. The number of carbonyl (C=O) groups excluding carboxylic acids is 2. The van der Waals surface area contributed by atoms with Gasteiger partial charge >= 0.3 is 0 Å². The van der Waals surface area contributed by atoms with E-state index in [1.165, 1.54) is 24.3 Å². The molecule has 1 heterocycles. The van der Waals surface area contributed by atoms with Crippen molar-refractivity contribution in [1.82, 2.24) is 10.3 Å². The van der Waals surface area contributed by atoms with E-state index in [1.807, 2.05) is 56.3 Å². The highest BCUT2D eigenvalue weighted by Gasteiger charge is 2.17. The first-order valence-electron chi connectivity index (χ1n) is 9.90. The van der Waals surface area contributed by atoms with Gasteiger partial charge in [0.1, 0.15) is 12.4 Å². The molecule has 1 N–H and O–H groups in total. The lowest BCUT2D eigenvalue weighted by Crippen LogP contribution is -2.26. The minimum absolute atomic E-state index is 0.127. The van der Waals surface area contributed by atoms with Crippen LogP contribution >= 0.6 is 11.3 Å². The van der Waals surface area contributed by atoms with Crippen LogP contribution in [-0.4, -0.2) is 29.9 Å². The normalized spacial score (nSPS) is 10.8. The second-order valence-electron chi connectivity index (χ2n) is 7.04. The zero-order valence-corrected chi connectivity index (χ0v) is 18.6. The first kappa shape index (κ1) is 22.2. The van der Waals surface area contributed by atoms with E-state index in [-0.39, 0.29) is 11.8 Å². The molecule has 0 radical (unpaired) electrons. The van der Waals surface area contributed by atoms with E-state index in [9.17, 15) is 9.59 Å². The van der Waals surface area contributed by atoms with Gasteiger partial charge in [-0.2, -0.15) is 0 Å². The van der Waals surface area contributed by atoms with Gasteiger partial charge in [-0.3, -0.25) is 14.5 Å². The van der Waals surface area contributed by atoms with E-state index >= 15 is 0 Å². The number of para-hydroxylation sites is 1. The van der Waals surface area contributed by atoms with Crippen molar-refractivity contribution in [2.45, 2.75) is 20.8 Å². The number of ether oxygens (including phenoxy) is 1. The number of thiazole rings is 1. The minimum atomic E-state index is -0.231. The van der Waals surface area contributed by atoms with Crippen LogP contribution in [0.5, 0.6) is 5.75 Å². The molecule has 3 rings (SSSR count). The van der Waals surface area contributed by atoms with E-state index in [2.05, 4.69) is 16.4 Å². The van der Waals surface area contributed by atoms with Crippen LogP contribution in [0.25, 0.3) is 6.08 Å². The molecule has 0 aliphatic carbocycles. The molecule has 2 amide bonds. The predicted octanol–water partition coefficient (Wildman–Crippen LogP) is 4.65. The van der Waals surface area contributed by atoms with E-state index in [0.29, 0.717) is 24.0 Å². The van der Waals surface area contributed by atoms with Crippen molar-refractivity contribution in [3.8, 4) is 5.75 Å². The van der Waals surface area contributed by atoms with Gasteiger partial charge in [-0.05, 0) is 55.3 Å². The molecular weight excluding hydrogens is 410 g/mol. The molecule has 0 aliphatic heterocycles. The maximum atomic E-state index is 12.1. The van der Waals surface area contributed by atoms with Crippen molar-refractivity contribution >= 4 is 40.0 Å². The lowest BCUT2D eigenvalue weighted by Gasteiger charge is -2.17. The topological polar surface area (TPSA) is 71.5 Å². The summed E-state index contributed by atoms with van der Waals surface area (Å²) in [5.74, 6) is 0.438. The van der Waals surface area contributed by atoms with Crippen LogP contribution in [-0.2, 0) is 9.59 Å². The Balaban J connectivity index is 1.52. The molecule has 0 saturated carbocycles. The third kappa shape index (κ3) is 6.52. The fraction of sp³-hybridized carbons (Fsp3) is 0.208. The summed E-state index contributed by atoms with van der Waals surface area (Å²) in [6, 6.07) is 15.4. The van der Waals surface area contributed by atoms with Gasteiger partial charge in [0.15, 0.2) is 5.13 Å². The molecule has 0 atom stereocenters. The SMILES string of the molecule is CC(=O)N(c1ccccc1)c1nc(/C=C/C(=O)NCCOc2cc(C)cc(C)c2)cs1. The van der Waals surface area contributed by atoms with Gasteiger partial charge in [0.05, 0.1) is 17.9 Å². The Morgan fingerprint density at radius 3 is 2.52 bits per heavy atom. The molecule has 3 aromatic rings. The Morgan fingerprint density at radius 2 is 1.84 bits per heavy atom. The van der Waals surface area contributed by atoms with E-state index < -0.39 is 0 Å². The average molecular weight is 436 g/mol. The predicted molar refractivity (Wildman–Crippen MR) is 125 cm³/mol. The van der Waals surface area contributed by atoms with Gasteiger partial charge in [-0.15, -0.1) is 11.3 Å². The number of aryl methyl sites for hydroxylation is 2. The third-order valence-corrected chi connectivity index (χ3v) is 5.15. The Hall–Kier alpha value is -3.45. The zero-order chi connectivity index (χ0) is 22.2. The molecule has 6 nitrogen and oxygen atoms in total. The molecule has 0 fully saturated rings. The second kappa shape index (κ2) is 10.5. The van der Waals surface area contributed by atoms with Crippen LogP contribution in [0.4, 0.5) is 10.8 Å². The highest BCUT2D eigenvalue weighted by atomic mass is 32.1. The van der Waals surface area contributed by atoms with Gasteiger partial charge in [0, 0.05) is 18.4 Å². The number of benzene rings is 2. The summed E-state index contributed by atoms with van der Waals surface area (Å²) in [4.78, 5) is 30.2. The average Bonchev–Trinajstić information content (AvgIpc) is 3.18. The largest absolute Gasteiger partial charge is 0.492 e. The smallest absolute Gasteiger partial charge is 0.244 e. The summed E-state index contributed by atoms with van der Waals surface area (Å²) in [5, 5.41) is 5.15. The molecule has 2 aromatic carbocycles. The summed E-state index contributed by atoms with van der Waals surface area (Å²) in [7, 11) is 0. The van der Waals surface area contributed by atoms with Crippen LogP contribution in [0.15, 0.2) is 60.0 Å². The number of nitrogens with zero attached hydrogens (tertiary/aromatic N) is 2. The van der Waals surface area contributed by atoms with Crippen LogP contribution < -0.4 is 15.0 Å². The van der Waals surface area contributed by atoms with Gasteiger partial charge in [-0.1, -0.05) is 24.3 Å². The van der Waals surface area contributed by atoms with Crippen molar-refractivity contribution in [2.24, 2.45) is 0 Å². The molecule has 31 heavy (non-hydrogen) atoms. The van der Waals surface area contributed by atoms with E-state index in [1.54, 1.807) is 16.4 Å². The summed E-state index contributed by atoms with van der Waals surface area (Å²) in [6.45, 7) is 6.31. The molecule has 160 valence electrons. The quantitative estimate of drug-likeness (QED) is 0.413. The standard InChI is InChI=1S/C24H25N3O3S/c1-17-13-18(2)15-22(14-17)30-12-11-25-23(29)10-9-20-16-31-24(26-20)27(19(3)28)21-7-5-4-6-8-21/h4-10,13-16H,11-12H2,1-3H3,(H,25,29)/b10-9+. The molecule has 0 bridgehead atoms. The number of rotatable bonds is 8. The first-order chi connectivity index (χ1) is 14.9. The molecule has 0 spiro atoms. The number of anilines is 2. The molecule has 0 unspecified atom stereocenters. The van der Waals surface area contributed by atoms with Crippen molar-refractivity contribution in [3.05, 3.63) is 76.8 Å². The molecular formula is C24H25N3O3S. The van der Waals surface area contributed by atoms with Crippen LogP contribution in [0.1, 0.15) is 23.7 Å². The van der Waals surface area contributed by atoms with Crippen molar-refractivity contribution in [3.63, 3.8) is 0 Å². The number of carbonyl (C=O) groups is 2. The number of amides is 2. The summed E-state index contributed by atoms with van der Waals surface area (Å²) in [6.07, 6.45) is 3.06. The fourth-order valence-electron chi connectivity index (χ4n) is 3.04. The van der Waals surface area contributed by atoms with Crippen LogP contribution in [0.2, 0.25) is 0 Å². The lowest BCUT2D eigenvalue weighted by atomic mass is 10.1. The third-order valence-electron chi connectivity index (χ3n) is 4.30. The Morgan fingerprint density at radius 1 is 1.13 bits per heavy atom. The second-order valence-corrected chi connectivity index (χ2v) is 7.88. The van der Waals surface area contributed by atoms with Gasteiger partial charge < -0.3 is 10.1 Å². The van der Waals surface area contributed by atoms with E-state index in [4.69, 9.17) is 4.74 Å². The summed E-state index contributed by atoms with van der Waals surface area (Å²) < 4.78 is 5.69. The number of nitrogens with one attached hydrogen (secondary N) is 1. The van der Waals surface area contributed by atoms with E-state index in [0.717, 1.165) is 22.6 Å².